The van der Waals surface area contributed by atoms with E-state index in [0.29, 0.717) is 11.8 Å². The number of piperazine rings is 1. The molecule has 1 saturated heterocycles. The van der Waals surface area contributed by atoms with Gasteiger partial charge in [0.25, 0.3) is 0 Å². The Morgan fingerprint density at radius 1 is 0.976 bits per heavy atom. The quantitative estimate of drug-likeness (QED) is 0.229. The largest absolute Gasteiger partial charge is 0.323 e. The van der Waals surface area contributed by atoms with Gasteiger partial charge in [0.2, 0.25) is 10.0 Å². The maximum atomic E-state index is 14.2. The lowest BCUT2D eigenvalue weighted by Crippen LogP contribution is -2.44. The van der Waals surface area contributed by atoms with Crippen molar-refractivity contribution >= 4 is 33.6 Å². The Balaban J connectivity index is 1.40. The Morgan fingerprint density at radius 3 is 2.36 bits per heavy atom. The molecule has 0 bridgehead atoms. The van der Waals surface area contributed by atoms with E-state index in [-0.39, 0.29) is 11.3 Å². The summed E-state index contributed by atoms with van der Waals surface area (Å²) < 4.78 is 66.5. The number of hydrogen-bond acceptors (Lipinski definition) is 6. The number of rotatable bonds is 10. The fourth-order valence-corrected chi connectivity index (χ4v) is 5.36. The molecular formula is C29H33F3N6O3S. The van der Waals surface area contributed by atoms with Crippen LogP contribution < -0.4 is 15.8 Å². The highest BCUT2D eigenvalue weighted by Crippen LogP contribution is 2.26. The molecule has 1 heterocycles. The molecule has 0 saturated carbocycles. The van der Waals surface area contributed by atoms with Gasteiger partial charge in [-0.2, -0.15) is 5.10 Å². The number of nitrogens with one attached hydrogen (secondary N) is 2. The molecule has 0 spiro atoms. The SMILES string of the molecule is CCCCN1CCN(/N=C/c2cccc(NC(=O)Nc3ccc(Cc4c(F)ccc(F)c4F)c(S(N)(=O)=O)c3)c2)CC1. The molecule has 1 aliphatic rings. The minimum atomic E-state index is -4.37. The number of hydrazone groups is 1. The van der Waals surface area contributed by atoms with Crippen LogP contribution in [0.4, 0.5) is 29.3 Å². The first kappa shape index (κ1) is 31.0. The number of unbranched alkanes of at least 4 members (excludes halogenated alkanes) is 1. The molecule has 0 unspecified atom stereocenters. The zero-order chi connectivity index (χ0) is 30.3. The van der Waals surface area contributed by atoms with Crippen LogP contribution in [0.2, 0.25) is 0 Å². The van der Waals surface area contributed by atoms with Gasteiger partial charge < -0.3 is 10.6 Å². The Labute approximate surface area is 243 Å². The highest BCUT2D eigenvalue weighted by atomic mass is 32.2. The van der Waals surface area contributed by atoms with E-state index in [9.17, 15) is 26.4 Å². The van der Waals surface area contributed by atoms with E-state index >= 15 is 0 Å². The van der Waals surface area contributed by atoms with Gasteiger partial charge in [0, 0.05) is 49.5 Å². The second-order valence-corrected chi connectivity index (χ2v) is 11.5. The second-order valence-electron chi connectivity index (χ2n) is 9.96. The van der Waals surface area contributed by atoms with E-state index in [2.05, 4.69) is 27.6 Å². The highest BCUT2D eigenvalue weighted by molar-refractivity contribution is 7.89. The lowest BCUT2D eigenvalue weighted by molar-refractivity contribution is 0.135. The molecule has 1 aliphatic heterocycles. The average Bonchev–Trinajstić information content (AvgIpc) is 2.96. The molecule has 0 aromatic heterocycles. The van der Waals surface area contributed by atoms with E-state index in [1.54, 1.807) is 24.4 Å². The monoisotopic (exact) mass is 602 g/mol. The molecule has 42 heavy (non-hydrogen) atoms. The Bertz CT molecular complexity index is 1560. The number of urea groups is 1. The lowest BCUT2D eigenvalue weighted by atomic mass is 10.0. The summed E-state index contributed by atoms with van der Waals surface area (Å²) in [6.07, 6.45) is 3.52. The Kier molecular flexibility index (Phi) is 10.2. The topological polar surface area (TPSA) is 120 Å². The fourth-order valence-electron chi connectivity index (χ4n) is 4.56. The third-order valence-electron chi connectivity index (χ3n) is 6.83. The van der Waals surface area contributed by atoms with Crippen LogP contribution >= 0.6 is 0 Å². The number of nitrogens with two attached hydrogens (primary N) is 1. The molecule has 3 aromatic rings. The standard InChI is InChI=1S/C29H33F3N6O3S/c1-2-3-11-37-12-14-38(15-13-37)34-19-20-5-4-6-22(16-20)35-29(39)36-23-8-7-21(27(18-23)42(33,40)41)17-24-25(30)9-10-26(31)28(24)32/h4-10,16,18-19H,2-3,11-15,17H2,1H3,(H2,33,40,41)(H2,35,36,39)/b34-19+. The van der Waals surface area contributed by atoms with Gasteiger partial charge in [-0.25, -0.2) is 31.5 Å². The second kappa shape index (κ2) is 13.8. The molecule has 0 atom stereocenters. The summed E-state index contributed by atoms with van der Waals surface area (Å²) in [5.74, 6) is -3.73. The van der Waals surface area contributed by atoms with E-state index in [4.69, 9.17) is 5.14 Å². The number of nitrogens with zero attached hydrogens (tertiary/aromatic N) is 3. The van der Waals surface area contributed by atoms with Crippen molar-refractivity contribution in [3.63, 3.8) is 0 Å². The Morgan fingerprint density at radius 2 is 1.67 bits per heavy atom. The number of benzene rings is 3. The van der Waals surface area contributed by atoms with Crippen molar-refractivity contribution in [3.05, 3.63) is 88.7 Å². The maximum absolute atomic E-state index is 14.2. The molecular weight excluding hydrogens is 569 g/mol. The van der Waals surface area contributed by atoms with Crippen molar-refractivity contribution < 1.29 is 26.4 Å². The van der Waals surface area contributed by atoms with E-state index < -0.39 is 50.4 Å². The minimum Gasteiger partial charge on any atom is -0.308 e. The van der Waals surface area contributed by atoms with Gasteiger partial charge in [-0.15, -0.1) is 0 Å². The summed E-state index contributed by atoms with van der Waals surface area (Å²) in [7, 11) is -4.37. The van der Waals surface area contributed by atoms with Crippen molar-refractivity contribution in [2.24, 2.45) is 10.2 Å². The molecule has 1 fully saturated rings. The Hall–Kier alpha value is -3.94. The van der Waals surface area contributed by atoms with Gasteiger partial charge in [-0.1, -0.05) is 31.5 Å². The van der Waals surface area contributed by atoms with E-state index in [0.717, 1.165) is 50.4 Å². The molecule has 9 nitrogen and oxygen atoms in total. The minimum absolute atomic E-state index is 0.0660. The number of anilines is 2. The summed E-state index contributed by atoms with van der Waals surface area (Å²) in [6, 6.07) is 11.4. The third-order valence-corrected chi connectivity index (χ3v) is 7.82. The van der Waals surface area contributed by atoms with Gasteiger partial charge in [-0.3, -0.25) is 9.91 Å². The van der Waals surface area contributed by atoms with Crippen LogP contribution in [0.1, 0.15) is 36.5 Å². The van der Waals surface area contributed by atoms with Crippen LogP contribution in [0, 0.1) is 17.5 Å². The lowest BCUT2D eigenvalue weighted by Gasteiger charge is -2.32. The number of amides is 2. The van der Waals surface area contributed by atoms with E-state index in [1.807, 2.05) is 11.1 Å². The summed E-state index contributed by atoms with van der Waals surface area (Å²) in [5, 5.41) is 17.1. The molecule has 0 aliphatic carbocycles. The summed E-state index contributed by atoms with van der Waals surface area (Å²) in [5.41, 5.74) is 0.605. The maximum Gasteiger partial charge on any atom is 0.323 e. The zero-order valence-electron chi connectivity index (χ0n) is 23.1. The molecule has 13 heteroatoms. The van der Waals surface area contributed by atoms with Gasteiger partial charge in [0.1, 0.15) is 5.82 Å². The van der Waals surface area contributed by atoms with Crippen molar-refractivity contribution in [2.75, 3.05) is 43.4 Å². The van der Waals surface area contributed by atoms with Crippen molar-refractivity contribution in [2.45, 2.75) is 31.1 Å². The number of primary sulfonamides is 1. The van der Waals surface area contributed by atoms with Crippen molar-refractivity contribution in [1.29, 1.82) is 0 Å². The first-order chi connectivity index (χ1) is 20.0. The molecule has 0 radical (unpaired) electrons. The number of carbonyl (C=O) groups excluding carboxylic acids is 1. The fraction of sp³-hybridized carbons (Fsp3) is 0.310. The average molecular weight is 603 g/mol. The smallest absolute Gasteiger partial charge is 0.308 e. The van der Waals surface area contributed by atoms with Gasteiger partial charge in [-0.05, 0) is 60.5 Å². The van der Waals surface area contributed by atoms with Crippen molar-refractivity contribution in [1.82, 2.24) is 9.91 Å². The van der Waals surface area contributed by atoms with E-state index in [1.165, 1.54) is 25.0 Å². The molecule has 224 valence electrons. The highest BCUT2D eigenvalue weighted by Gasteiger charge is 2.21. The van der Waals surface area contributed by atoms with Gasteiger partial charge in [0.05, 0.1) is 11.1 Å². The molecule has 4 N–H and O–H groups in total. The van der Waals surface area contributed by atoms with Crippen LogP contribution in [0.5, 0.6) is 0 Å². The van der Waals surface area contributed by atoms with Gasteiger partial charge >= 0.3 is 6.03 Å². The molecule has 3 aromatic carbocycles. The van der Waals surface area contributed by atoms with Crippen molar-refractivity contribution in [3.8, 4) is 0 Å². The number of halogens is 3. The summed E-state index contributed by atoms with van der Waals surface area (Å²) in [4.78, 5) is 14.6. The van der Waals surface area contributed by atoms with Crippen LogP contribution in [0.3, 0.4) is 0 Å². The number of carbonyl (C=O) groups is 1. The van der Waals surface area contributed by atoms with Crippen LogP contribution in [0.15, 0.2) is 64.6 Å². The molecule has 4 rings (SSSR count). The van der Waals surface area contributed by atoms with Gasteiger partial charge in [0.15, 0.2) is 11.6 Å². The first-order valence-corrected chi connectivity index (χ1v) is 15.1. The predicted molar refractivity (Wildman–Crippen MR) is 157 cm³/mol. The van der Waals surface area contributed by atoms with Crippen LogP contribution in [0.25, 0.3) is 0 Å². The number of hydrogen-bond donors (Lipinski definition) is 3. The van der Waals surface area contributed by atoms with Crippen LogP contribution in [-0.2, 0) is 16.4 Å². The molecule has 2 amide bonds. The zero-order valence-corrected chi connectivity index (χ0v) is 23.9. The third kappa shape index (κ3) is 8.30. The predicted octanol–water partition coefficient (Wildman–Crippen LogP) is 4.74. The first-order valence-electron chi connectivity index (χ1n) is 13.5. The number of sulfonamides is 1. The van der Waals surface area contributed by atoms with Crippen LogP contribution in [-0.4, -0.2) is 63.3 Å². The summed E-state index contributed by atoms with van der Waals surface area (Å²) in [6.45, 7) is 6.89. The normalized spacial score (nSPS) is 14.4. The summed E-state index contributed by atoms with van der Waals surface area (Å²) >= 11 is 0.